The number of H-pyrrole nitrogens is 1. The van der Waals surface area contributed by atoms with Crippen LogP contribution in [0.1, 0.15) is 36.0 Å². The fourth-order valence-electron chi connectivity index (χ4n) is 3.43. The summed E-state index contributed by atoms with van der Waals surface area (Å²) in [6.07, 6.45) is 5.60. The van der Waals surface area contributed by atoms with Crippen LogP contribution < -0.4 is 5.32 Å². The van der Waals surface area contributed by atoms with Crippen molar-refractivity contribution in [3.63, 3.8) is 0 Å². The van der Waals surface area contributed by atoms with Crippen molar-refractivity contribution in [2.75, 3.05) is 18.4 Å². The number of hydrogen-bond donors (Lipinski definition) is 2. The van der Waals surface area contributed by atoms with Gasteiger partial charge < -0.3 is 5.32 Å². The second-order valence-corrected chi connectivity index (χ2v) is 8.91. The van der Waals surface area contributed by atoms with E-state index in [0.29, 0.717) is 24.3 Å². The van der Waals surface area contributed by atoms with Crippen molar-refractivity contribution < 1.29 is 13.2 Å². The SMILES string of the molecule is O=C(Nc1ccc2[nH]ncc2c1)c1ccc(S(=O)(=O)N2CCCCCC2)cc1. The van der Waals surface area contributed by atoms with Crippen LogP contribution in [0.3, 0.4) is 0 Å². The fraction of sp³-hybridized carbons (Fsp3) is 0.300. The number of sulfonamides is 1. The molecule has 7 nitrogen and oxygen atoms in total. The second-order valence-electron chi connectivity index (χ2n) is 6.97. The molecule has 0 spiro atoms. The maximum absolute atomic E-state index is 12.8. The monoisotopic (exact) mass is 398 g/mol. The molecule has 1 amide bonds. The van der Waals surface area contributed by atoms with Crippen LogP contribution in [0.15, 0.2) is 53.6 Å². The second kappa shape index (κ2) is 7.73. The molecule has 0 atom stereocenters. The molecule has 1 fully saturated rings. The summed E-state index contributed by atoms with van der Waals surface area (Å²) < 4.78 is 27.2. The van der Waals surface area contributed by atoms with Gasteiger partial charge in [-0.1, -0.05) is 12.8 Å². The highest BCUT2D eigenvalue weighted by Crippen LogP contribution is 2.22. The van der Waals surface area contributed by atoms with Gasteiger partial charge in [-0.05, 0) is 55.3 Å². The average Bonchev–Trinajstić information content (AvgIpc) is 2.98. The Hall–Kier alpha value is -2.71. The molecule has 2 N–H and O–H groups in total. The Morgan fingerprint density at radius 3 is 2.43 bits per heavy atom. The molecule has 146 valence electrons. The molecule has 0 bridgehead atoms. The lowest BCUT2D eigenvalue weighted by Gasteiger charge is -2.20. The standard InChI is InChI=1S/C20H22N4O3S/c25-20(22-17-7-10-19-16(13-17)14-21-23-19)15-5-8-18(9-6-15)28(26,27)24-11-3-1-2-4-12-24/h5-10,13-14H,1-4,11-12H2,(H,21,23)(H,22,25). The number of fused-ring (bicyclic) bond motifs is 1. The van der Waals surface area contributed by atoms with E-state index in [-0.39, 0.29) is 10.8 Å². The van der Waals surface area contributed by atoms with Gasteiger partial charge in [0.05, 0.1) is 16.6 Å². The van der Waals surface area contributed by atoms with E-state index in [2.05, 4.69) is 15.5 Å². The molecular weight excluding hydrogens is 376 g/mol. The minimum absolute atomic E-state index is 0.228. The van der Waals surface area contributed by atoms with Gasteiger partial charge in [-0.2, -0.15) is 9.40 Å². The average molecular weight is 398 g/mol. The highest BCUT2D eigenvalue weighted by atomic mass is 32.2. The van der Waals surface area contributed by atoms with Crippen LogP contribution in [0.5, 0.6) is 0 Å². The third kappa shape index (κ3) is 3.79. The minimum atomic E-state index is -3.51. The Morgan fingerprint density at radius 2 is 1.71 bits per heavy atom. The largest absolute Gasteiger partial charge is 0.322 e. The van der Waals surface area contributed by atoms with Crippen LogP contribution in [0.2, 0.25) is 0 Å². The van der Waals surface area contributed by atoms with Crippen LogP contribution in [-0.4, -0.2) is 41.9 Å². The number of carbonyl (C=O) groups excluding carboxylic acids is 1. The lowest BCUT2D eigenvalue weighted by atomic mass is 10.2. The Labute approximate surface area is 163 Å². The van der Waals surface area contributed by atoms with Gasteiger partial charge in [0.1, 0.15) is 0 Å². The van der Waals surface area contributed by atoms with Gasteiger partial charge in [-0.25, -0.2) is 8.42 Å². The number of anilines is 1. The predicted molar refractivity (Wildman–Crippen MR) is 108 cm³/mol. The number of benzene rings is 2. The van der Waals surface area contributed by atoms with Gasteiger partial charge in [0.2, 0.25) is 10.0 Å². The van der Waals surface area contributed by atoms with Gasteiger partial charge in [-0.3, -0.25) is 9.89 Å². The third-order valence-electron chi connectivity index (χ3n) is 5.02. The van der Waals surface area contributed by atoms with Crippen molar-refractivity contribution >= 4 is 32.5 Å². The molecule has 2 aromatic carbocycles. The predicted octanol–water partition coefficient (Wildman–Crippen LogP) is 3.38. The molecular formula is C20H22N4O3S. The molecule has 1 aromatic heterocycles. The summed E-state index contributed by atoms with van der Waals surface area (Å²) in [5.74, 6) is -0.290. The van der Waals surface area contributed by atoms with Crippen molar-refractivity contribution in [2.45, 2.75) is 30.6 Å². The number of nitrogens with one attached hydrogen (secondary N) is 2. The van der Waals surface area contributed by atoms with E-state index in [1.165, 1.54) is 12.1 Å². The van der Waals surface area contributed by atoms with E-state index < -0.39 is 10.0 Å². The number of aromatic nitrogens is 2. The Morgan fingerprint density at radius 1 is 1.00 bits per heavy atom. The summed E-state index contributed by atoms with van der Waals surface area (Å²) >= 11 is 0. The quantitative estimate of drug-likeness (QED) is 0.704. The van der Waals surface area contributed by atoms with E-state index in [4.69, 9.17) is 0 Å². The molecule has 0 radical (unpaired) electrons. The smallest absolute Gasteiger partial charge is 0.255 e. The molecule has 1 saturated heterocycles. The Kier molecular flexibility index (Phi) is 5.15. The molecule has 3 aromatic rings. The van der Waals surface area contributed by atoms with E-state index in [1.54, 1.807) is 28.7 Å². The molecule has 0 saturated carbocycles. The van der Waals surface area contributed by atoms with Crippen molar-refractivity contribution in [1.82, 2.24) is 14.5 Å². The van der Waals surface area contributed by atoms with E-state index in [9.17, 15) is 13.2 Å². The number of rotatable bonds is 4. The van der Waals surface area contributed by atoms with Crippen LogP contribution in [0, 0.1) is 0 Å². The molecule has 28 heavy (non-hydrogen) atoms. The molecule has 0 aliphatic carbocycles. The molecule has 4 rings (SSSR count). The van der Waals surface area contributed by atoms with Gasteiger partial charge in [0.25, 0.3) is 5.91 Å². The number of amides is 1. The molecule has 8 heteroatoms. The summed E-state index contributed by atoms with van der Waals surface area (Å²) in [6.45, 7) is 1.11. The highest BCUT2D eigenvalue weighted by molar-refractivity contribution is 7.89. The molecule has 2 heterocycles. The summed E-state index contributed by atoms with van der Waals surface area (Å²) in [7, 11) is -3.51. The van der Waals surface area contributed by atoms with Gasteiger partial charge in [-0.15, -0.1) is 0 Å². The molecule has 1 aliphatic heterocycles. The maximum atomic E-state index is 12.8. The summed E-state index contributed by atoms with van der Waals surface area (Å²) in [6, 6.07) is 11.6. The highest BCUT2D eigenvalue weighted by Gasteiger charge is 2.25. The third-order valence-corrected chi connectivity index (χ3v) is 6.93. The zero-order chi connectivity index (χ0) is 19.6. The zero-order valence-electron chi connectivity index (χ0n) is 15.4. The molecule has 0 unspecified atom stereocenters. The minimum Gasteiger partial charge on any atom is -0.322 e. The maximum Gasteiger partial charge on any atom is 0.255 e. The summed E-state index contributed by atoms with van der Waals surface area (Å²) in [5.41, 5.74) is 1.95. The first-order valence-corrected chi connectivity index (χ1v) is 10.8. The van der Waals surface area contributed by atoms with E-state index in [1.807, 2.05) is 12.1 Å². The molecule has 1 aliphatic rings. The van der Waals surface area contributed by atoms with Crippen molar-refractivity contribution in [1.29, 1.82) is 0 Å². The van der Waals surface area contributed by atoms with Crippen LogP contribution in [-0.2, 0) is 10.0 Å². The summed E-state index contributed by atoms with van der Waals surface area (Å²) in [4.78, 5) is 12.7. The van der Waals surface area contributed by atoms with E-state index >= 15 is 0 Å². The fourth-order valence-corrected chi connectivity index (χ4v) is 4.95. The Balaban J connectivity index is 1.49. The van der Waals surface area contributed by atoms with Crippen molar-refractivity contribution in [3.8, 4) is 0 Å². The van der Waals surface area contributed by atoms with Gasteiger partial charge in [0, 0.05) is 29.7 Å². The summed E-state index contributed by atoms with van der Waals surface area (Å²) in [5, 5.41) is 10.5. The lowest BCUT2D eigenvalue weighted by Crippen LogP contribution is -2.31. The Bertz CT molecular complexity index is 1080. The first kappa shape index (κ1) is 18.6. The zero-order valence-corrected chi connectivity index (χ0v) is 16.2. The number of carbonyl (C=O) groups is 1. The first-order chi connectivity index (χ1) is 13.5. The van der Waals surface area contributed by atoms with Crippen molar-refractivity contribution in [3.05, 3.63) is 54.2 Å². The van der Waals surface area contributed by atoms with Gasteiger partial charge >= 0.3 is 0 Å². The topological polar surface area (TPSA) is 95.2 Å². The number of aromatic amines is 1. The van der Waals surface area contributed by atoms with E-state index in [0.717, 1.165) is 36.6 Å². The number of nitrogens with zero attached hydrogens (tertiary/aromatic N) is 2. The lowest BCUT2D eigenvalue weighted by molar-refractivity contribution is 0.102. The normalized spacial score (nSPS) is 16.0. The van der Waals surface area contributed by atoms with Crippen LogP contribution >= 0.6 is 0 Å². The first-order valence-electron chi connectivity index (χ1n) is 9.39. The van der Waals surface area contributed by atoms with Crippen LogP contribution in [0.4, 0.5) is 5.69 Å². The van der Waals surface area contributed by atoms with Gasteiger partial charge in [0.15, 0.2) is 0 Å². The van der Waals surface area contributed by atoms with Crippen LogP contribution in [0.25, 0.3) is 10.9 Å². The van der Waals surface area contributed by atoms with Crippen molar-refractivity contribution in [2.24, 2.45) is 0 Å². The number of hydrogen-bond acceptors (Lipinski definition) is 4.